The SMILES string of the molecule is Cc1nccn1[C@H]1C[C@H]2CN(C(=O)Nc3ccccc3)C[C@H]2C[C@@H]1Oc1ccccn1. The number of carbonyl (C=O) groups is 1. The number of benzene rings is 1. The number of ether oxygens (including phenoxy) is 1. The highest BCUT2D eigenvalue weighted by atomic mass is 16.5. The minimum absolute atomic E-state index is 0.0128. The van der Waals surface area contributed by atoms with Crippen LogP contribution < -0.4 is 10.1 Å². The number of imidazole rings is 1. The van der Waals surface area contributed by atoms with Crippen molar-refractivity contribution in [3.63, 3.8) is 0 Å². The predicted octanol–water partition coefficient (Wildman–Crippen LogP) is 4.15. The van der Waals surface area contributed by atoms with E-state index in [-0.39, 0.29) is 18.2 Å². The fraction of sp³-hybridized carbons (Fsp3) is 0.375. The summed E-state index contributed by atoms with van der Waals surface area (Å²) in [4.78, 5) is 23.6. The number of rotatable bonds is 4. The van der Waals surface area contributed by atoms with Crippen LogP contribution >= 0.6 is 0 Å². The summed E-state index contributed by atoms with van der Waals surface area (Å²) in [7, 11) is 0. The Kier molecular flexibility index (Phi) is 5.32. The number of fused-ring (bicyclic) bond motifs is 1. The number of hydrogen-bond acceptors (Lipinski definition) is 4. The lowest BCUT2D eigenvalue weighted by molar-refractivity contribution is 0.0504. The molecule has 5 rings (SSSR count). The first-order chi connectivity index (χ1) is 15.2. The van der Waals surface area contributed by atoms with E-state index in [9.17, 15) is 4.79 Å². The van der Waals surface area contributed by atoms with Crippen LogP contribution in [0.15, 0.2) is 67.1 Å². The largest absolute Gasteiger partial charge is 0.472 e. The standard InChI is InChI=1S/C24H27N5O2/c1-17-25-11-12-29(17)21-13-18-15-28(24(30)27-20-7-3-2-4-8-20)16-19(18)14-22(21)31-23-9-5-6-10-26-23/h2-12,18-19,21-22H,13-16H2,1H3,(H,27,30)/t18-,19+,21-,22-/m0/s1. The summed E-state index contributed by atoms with van der Waals surface area (Å²) >= 11 is 0. The lowest BCUT2D eigenvalue weighted by Crippen LogP contribution is -2.40. The summed E-state index contributed by atoms with van der Waals surface area (Å²) in [6, 6.07) is 15.5. The molecule has 1 aliphatic heterocycles. The third kappa shape index (κ3) is 4.13. The molecule has 2 aromatic heterocycles. The molecule has 2 amide bonds. The molecular weight excluding hydrogens is 390 g/mol. The first kappa shape index (κ1) is 19.6. The van der Waals surface area contributed by atoms with E-state index in [0.29, 0.717) is 17.7 Å². The number of nitrogens with zero attached hydrogens (tertiary/aromatic N) is 4. The van der Waals surface area contributed by atoms with E-state index in [1.54, 1.807) is 6.20 Å². The van der Waals surface area contributed by atoms with E-state index in [1.165, 1.54) is 0 Å². The zero-order valence-electron chi connectivity index (χ0n) is 17.6. The number of amides is 2. The van der Waals surface area contributed by atoms with Crippen molar-refractivity contribution in [1.29, 1.82) is 0 Å². The summed E-state index contributed by atoms with van der Waals surface area (Å²) in [5, 5.41) is 3.02. The smallest absolute Gasteiger partial charge is 0.321 e. The fourth-order valence-corrected chi connectivity index (χ4v) is 5.01. The molecule has 4 atom stereocenters. The number of carbonyl (C=O) groups excluding carboxylic acids is 1. The van der Waals surface area contributed by atoms with E-state index in [4.69, 9.17) is 4.74 Å². The molecule has 31 heavy (non-hydrogen) atoms. The predicted molar refractivity (Wildman–Crippen MR) is 118 cm³/mol. The second-order valence-corrected chi connectivity index (χ2v) is 8.47. The maximum Gasteiger partial charge on any atom is 0.321 e. The molecule has 1 aromatic carbocycles. The molecule has 160 valence electrons. The Morgan fingerprint density at radius 2 is 1.77 bits per heavy atom. The van der Waals surface area contributed by atoms with Gasteiger partial charge in [-0.3, -0.25) is 0 Å². The molecule has 3 aromatic rings. The zero-order valence-corrected chi connectivity index (χ0v) is 17.6. The summed E-state index contributed by atoms with van der Waals surface area (Å²) in [6.07, 6.45) is 7.45. The Labute approximate surface area is 182 Å². The number of pyridine rings is 1. The van der Waals surface area contributed by atoms with Gasteiger partial charge in [-0.1, -0.05) is 24.3 Å². The first-order valence-electron chi connectivity index (χ1n) is 10.9. The van der Waals surface area contributed by atoms with Crippen molar-refractivity contribution in [2.45, 2.75) is 31.9 Å². The van der Waals surface area contributed by atoms with Crippen molar-refractivity contribution in [3.8, 4) is 5.88 Å². The number of nitrogens with one attached hydrogen (secondary N) is 1. The molecule has 0 bridgehead atoms. The van der Waals surface area contributed by atoms with Gasteiger partial charge in [-0.05, 0) is 49.8 Å². The van der Waals surface area contributed by atoms with Gasteiger partial charge in [0.05, 0.1) is 6.04 Å². The molecule has 0 unspecified atom stereocenters. The first-order valence-corrected chi connectivity index (χ1v) is 10.9. The van der Waals surface area contributed by atoms with Crippen LogP contribution in [0, 0.1) is 18.8 Å². The highest BCUT2D eigenvalue weighted by molar-refractivity contribution is 5.89. The van der Waals surface area contributed by atoms with Crippen molar-refractivity contribution in [1.82, 2.24) is 19.4 Å². The fourth-order valence-electron chi connectivity index (χ4n) is 5.01. The van der Waals surface area contributed by atoms with Crippen LogP contribution in [0.4, 0.5) is 10.5 Å². The van der Waals surface area contributed by atoms with Crippen molar-refractivity contribution >= 4 is 11.7 Å². The molecule has 1 saturated carbocycles. The monoisotopic (exact) mass is 417 g/mol. The number of aromatic nitrogens is 3. The van der Waals surface area contributed by atoms with Gasteiger partial charge in [-0.2, -0.15) is 0 Å². The van der Waals surface area contributed by atoms with Gasteiger partial charge < -0.3 is 19.5 Å². The Balaban J connectivity index is 1.33. The molecule has 3 heterocycles. The van der Waals surface area contributed by atoms with Crippen molar-refractivity contribution in [2.24, 2.45) is 11.8 Å². The van der Waals surface area contributed by atoms with Gasteiger partial charge in [-0.15, -0.1) is 0 Å². The van der Waals surface area contributed by atoms with Gasteiger partial charge in [-0.25, -0.2) is 14.8 Å². The molecular formula is C24H27N5O2. The third-order valence-electron chi connectivity index (χ3n) is 6.53. The molecule has 1 aliphatic carbocycles. The normalized spacial score (nSPS) is 25.1. The summed E-state index contributed by atoms with van der Waals surface area (Å²) in [5.74, 6) is 2.48. The zero-order chi connectivity index (χ0) is 21.2. The Morgan fingerprint density at radius 3 is 2.48 bits per heavy atom. The minimum Gasteiger partial charge on any atom is -0.472 e. The number of likely N-dealkylation sites (tertiary alicyclic amines) is 1. The molecule has 0 spiro atoms. The van der Waals surface area contributed by atoms with Crippen LogP contribution in [0.25, 0.3) is 0 Å². The second kappa shape index (κ2) is 8.41. The van der Waals surface area contributed by atoms with Crippen LogP contribution in [0.1, 0.15) is 24.7 Å². The maximum absolute atomic E-state index is 12.9. The van der Waals surface area contributed by atoms with Crippen molar-refractivity contribution < 1.29 is 9.53 Å². The van der Waals surface area contributed by atoms with Gasteiger partial charge in [0.2, 0.25) is 5.88 Å². The van der Waals surface area contributed by atoms with Crippen molar-refractivity contribution in [3.05, 3.63) is 72.9 Å². The average Bonchev–Trinajstić information content (AvgIpc) is 3.40. The lowest BCUT2D eigenvalue weighted by Gasteiger charge is -2.38. The summed E-state index contributed by atoms with van der Waals surface area (Å²) < 4.78 is 8.59. The van der Waals surface area contributed by atoms with Crippen LogP contribution in [-0.4, -0.2) is 44.7 Å². The Morgan fingerprint density at radius 1 is 1.00 bits per heavy atom. The number of hydrogen-bond donors (Lipinski definition) is 1. The molecule has 7 heteroatoms. The Bertz CT molecular complexity index is 1020. The van der Waals surface area contributed by atoms with E-state index in [0.717, 1.165) is 37.4 Å². The van der Waals surface area contributed by atoms with Gasteiger partial charge >= 0.3 is 6.03 Å². The minimum atomic E-state index is -0.0295. The molecule has 1 saturated heterocycles. The maximum atomic E-state index is 12.9. The highest BCUT2D eigenvalue weighted by Gasteiger charge is 2.45. The van der Waals surface area contributed by atoms with E-state index >= 15 is 0 Å². The molecule has 2 aliphatic rings. The van der Waals surface area contributed by atoms with E-state index in [2.05, 4.69) is 19.9 Å². The highest BCUT2D eigenvalue weighted by Crippen LogP contribution is 2.43. The molecule has 7 nitrogen and oxygen atoms in total. The van der Waals surface area contributed by atoms with E-state index in [1.807, 2.05) is 72.7 Å². The molecule has 1 N–H and O–H groups in total. The Hall–Kier alpha value is -3.35. The topological polar surface area (TPSA) is 72.3 Å². The molecule has 0 radical (unpaired) electrons. The lowest BCUT2D eigenvalue weighted by atomic mass is 9.77. The summed E-state index contributed by atoms with van der Waals surface area (Å²) in [5.41, 5.74) is 0.825. The number of anilines is 1. The van der Waals surface area contributed by atoms with Gasteiger partial charge in [0.15, 0.2) is 0 Å². The van der Waals surface area contributed by atoms with Crippen molar-refractivity contribution in [2.75, 3.05) is 18.4 Å². The van der Waals surface area contributed by atoms with Crippen LogP contribution in [0.3, 0.4) is 0 Å². The van der Waals surface area contributed by atoms with E-state index < -0.39 is 0 Å². The van der Waals surface area contributed by atoms with Gasteiger partial charge in [0.1, 0.15) is 11.9 Å². The van der Waals surface area contributed by atoms with Crippen LogP contribution in [0.5, 0.6) is 5.88 Å². The van der Waals surface area contributed by atoms with Gasteiger partial charge in [0.25, 0.3) is 0 Å². The van der Waals surface area contributed by atoms with Crippen LogP contribution in [0.2, 0.25) is 0 Å². The number of aryl methyl sites for hydroxylation is 1. The second-order valence-electron chi connectivity index (χ2n) is 8.47. The number of para-hydroxylation sites is 1. The van der Waals surface area contributed by atoms with Crippen LogP contribution in [-0.2, 0) is 0 Å². The summed E-state index contributed by atoms with van der Waals surface area (Å²) in [6.45, 7) is 3.54. The van der Waals surface area contributed by atoms with Gasteiger partial charge in [0, 0.05) is 43.4 Å². The molecule has 2 fully saturated rings. The quantitative estimate of drug-likeness (QED) is 0.692. The third-order valence-corrected chi connectivity index (χ3v) is 6.53. The number of urea groups is 1. The average molecular weight is 418 g/mol.